The van der Waals surface area contributed by atoms with Gasteiger partial charge >= 0.3 is 0 Å². The number of benzene rings is 2. The van der Waals surface area contributed by atoms with Gasteiger partial charge in [-0.25, -0.2) is 0 Å². The summed E-state index contributed by atoms with van der Waals surface area (Å²) in [6.07, 6.45) is 0.635. The Morgan fingerprint density at radius 1 is 1.00 bits per heavy atom. The highest BCUT2D eigenvalue weighted by atomic mass is 127. The minimum Gasteiger partial charge on any atom is -0.385 e. The van der Waals surface area contributed by atoms with Crippen LogP contribution in [0.1, 0.15) is 29.2 Å². The van der Waals surface area contributed by atoms with Gasteiger partial charge in [0.05, 0.1) is 5.60 Å². The predicted molar refractivity (Wildman–Crippen MR) is 88.3 cm³/mol. The zero-order valence-electron chi connectivity index (χ0n) is 11.6. The SMILES string of the molecule is Cc1cc(C)cc(CC(C)(O)c2ccc(I)cc2)c1. The standard InChI is InChI=1S/C17H19IO/c1-12-8-13(2)10-14(9-12)11-17(3,19)15-4-6-16(18)7-5-15/h4-10,19H,11H2,1-3H3. The first-order chi connectivity index (χ1) is 8.87. The highest BCUT2D eigenvalue weighted by Gasteiger charge is 2.23. The zero-order valence-corrected chi connectivity index (χ0v) is 13.7. The Hall–Kier alpha value is -0.870. The lowest BCUT2D eigenvalue weighted by Crippen LogP contribution is -2.24. The maximum atomic E-state index is 10.7. The molecule has 19 heavy (non-hydrogen) atoms. The number of aryl methyl sites for hydroxylation is 2. The van der Waals surface area contributed by atoms with Crippen LogP contribution in [0.5, 0.6) is 0 Å². The summed E-state index contributed by atoms with van der Waals surface area (Å²) in [6, 6.07) is 14.5. The third-order valence-corrected chi connectivity index (χ3v) is 4.02. The van der Waals surface area contributed by atoms with Crippen molar-refractivity contribution in [1.82, 2.24) is 0 Å². The zero-order chi connectivity index (χ0) is 14.0. The molecule has 0 heterocycles. The largest absolute Gasteiger partial charge is 0.385 e. The minimum absolute atomic E-state index is 0.635. The van der Waals surface area contributed by atoms with Crippen molar-refractivity contribution in [3.8, 4) is 0 Å². The molecule has 0 aliphatic carbocycles. The van der Waals surface area contributed by atoms with Crippen molar-refractivity contribution in [2.75, 3.05) is 0 Å². The van der Waals surface area contributed by atoms with E-state index in [9.17, 15) is 5.11 Å². The van der Waals surface area contributed by atoms with Gasteiger partial charge in [-0.2, -0.15) is 0 Å². The van der Waals surface area contributed by atoms with Gasteiger partial charge in [0.1, 0.15) is 0 Å². The summed E-state index contributed by atoms with van der Waals surface area (Å²) in [5.41, 5.74) is 3.81. The molecular formula is C17H19IO. The fourth-order valence-corrected chi connectivity index (χ4v) is 2.84. The van der Waals surface area contributed by atoms with E-state index in [1.807, 2.05) is 31.2 Å². The van der Waals surface area contributed by atoms with E-state index in [2.05, 4.69) is 54.6 Å². The number of hydrogen-bond acceptors (Lipinski definition) is 1. The van der Waals surface area contributed by atoms with E-state index in [4.69, 9.17) is 0 Å². The number of aliphatic hydroxyl groups is 1. The van der Waals surface area contributed by atoms with Crippen LogP contribution >= 0.6 is 22.6 Å². The number of halogens is 1. The van der Waals surface area contributed by atoms with E-state index >= 15 is 0 Å². The van der Waals surface area contributed by atoms with Crippen molar-refractivity contribution in [3.63, 3.8) is 0 Å². The van der Waals surface area contributed by atoms with Gasteiger partial charge < -0.3 is 5.11 Å². The van der Waals surface area contributed by atoms with E-state index in [-0.39, 0.29) is 0 Å². The number of rotatable bonds is 3. The summed E-state index contributed by atoms with van der Waals surface area (Å²) >= 11 is 2.28. The maximum Gasteiger partial charge on any atom is 0.0908 e. The van der Waals surface area contributed by atoms with Gasteiger partial charge in [0.25, 0.3) is 0 Å². The van der Waals surface area contributed by atoms with Gasteiger partial charge in [-0.15, -0.1) is 0 Å². The summed E-state index contributed by atoms with van der Waals surface area (Å²) in [7, 11) is 0. The van der Waals surface area contributed by atoms with Crippen LogP contribution < -0.4 is 0 Å². The molecule has 1 N–H and O–H groups in total. The van der Waals surface area contributed by atoms with Crippen molar-refractivity contribution < 1.29 is 5.11 Å². The topological polar surface area (TPSA) is 20.2 Å². The van der Waals surface area contributed by atoms with Crippen molar-refractivity contribution in [2.45, 2.75) is 32.8 Å². The van der Waals surface area contributed by atoms with Crippen LogP contribution in [-0.2, 0) is 12.0 Å². The molecular weight excluding hydrogens is 347 g/mol. The Bertz CT molecular complexity index is 550. The van der Waals surface area contributed by atoms with Gasteiger partial charge in [0.15, 0.2) is 0 Å². The van der Waals surface area contributed by atoms with Gasteiger partial charge in [-0.1, -0.05) is 41.5 Å². The summed E-state index contributed by atoms with van der Waals surface area (Å²) < 4.78 is 1.18. The second-order valence-corrected chi connectivity index (χ2v) is 6.70. The van der Waals surface area contributed by atoms with E-state index in [0.717, 1.165) is 5.56 Å². The molecule has 0 aliphatic rings. The van der Waals surface area contributed by atoms with Crippen LogP contribution in [0.25, 0.3) is 0 Å². The Labute approximate surface area is 128 Å². The van der Waals surface area contributed by atoms with Gasteiger partial charge in [0.2, 0.25) is 0 Å². The highest BCUT2D eigenvalue weighted by Crippen LogP contribution is 2.26. The molecule has 100 valence electrons. The Morgan fingerprint density at radius 2 is 1.53 bits per heavy atom. The second-order valence-electron chi connectivity index (χ2n) is 5.45. The summed E-state index contributed by atoms with van der Waals surface area (Å²) in [5, 5.41) is 10.7. The first-order valence-electron chi connectivity index (χ1n) is 6.42. The Kier molecular flexibility index (Phi) is 4.31. The first kappa shape index (κ1) is 14.5. The molecule has 1 atom stereocenters. The lowest BCUT2D eigenvalue weighted by atomic mass is 9.88. The van der Waals surface area contributed by atoms with Crippen LogP contribution in [-0.4, -0.2) is 5.11 Å². The summed E-state index contributed by atoms with van der Waals surface area (Å²) in [5.74, 6) is 0. The summed E-state index contributed by atoms with van der Waals surface area (Å²) in [6.45, 7) is 6.07. The quantitative estimate of drug-likeness (QED) is 0.801. The van der Waals surface area contributed by atoms with Crippen molar-refractivity contribution in [3.05, 3.63) is 68.3 Å². The van der Waals surface area contributed by atoms with E-state index < -0.39 is 5.60 Å². The lowest BCUT2D eigenvalue weighted by Gasteiger charge is -2.24. The fourth-order valence-electron chi connectivity index (χ4n) is 2.48. The monoisotopic (exact) mass is 366 g/mol. The average molecular weight is 366 g/mol. The average Bonchev–Trinajstić information content (AvgIpc) is 2.27. The fraction of sp³-hybridized carbons (Fsp3) is 0.294. The molecule has 1 unspecified atom stereocenters. The second kappa shape index (κ2) is 5.63. The third-order valence-electron chi connectivity index (χ3n) is 3.30. The predicted octanol–water partition coefficient (Wildman–Crippen LogP) is 4.36. The highest BCUT2D eigenvalue weighted by molar-refractivity contribution is 14.1. The molecule has 0 saturated carbocycles. The van der Waals surface area contributed by atoms with Crippen LogP contribution in [0.15, 0.2) is 42.5 Å². The molecule has 2 aromatic rings. The summed E-state index contributed by atoms with van der Waals surface area (Å²) in [4.78, 5) is 0. The van der Waals surface area contributed by atoms with Gasteiger partial charge in [0, 0.05) is 9.99 Å². The van der Waals surface area contributed by atoms with Crippen LogP contribution in [0.2, 0.25) is 0 Å². The molecule has 0 spiro atoms. The van der Waals surface area contributed by atoms with E-state index in [1.165, 1.54) is 20.3 Å². The van der Waals surface area contributed by atoms with Crippen LogP contribution in [0, 0.1) is 17.4 Å². The molecule has 2 rings (SSSR count). The molecule has 0 aliphatic heterocycles. The number of hydrogen-bond donors (Lipinski definition) is 1. The lowest BCUT2D eigenvalue weighted by molar-refractivity contribution is 0.0576. The molecule has 0 saturated heterocycles. The first-order valence-corrected chi connectivity index (χ1v) is 7.50. The van der Waals surface area contributed by atoms with Gasteiger partial charge in [-0.05, 0) is 66.6 Å². The molecule has 0 radical (unpaired) electrons. The maximum absolute atomic E-state index is 10.7. The smallest absolute Gasteiger partial charge is 0.0908 e. The Morgan fingerprint density at radius 3 is 2.05 bits per heavy atom. The third kappa shape index (κ3) is 3.80. The van der Waals surface area contributed by atoms with Crippen LogP contribution in [0.4, 0.5) is 0 Å². The van der Waals surface area contributed by atoms with Crippen LogP contribution in [0.3, 0.4) is 0 Å². The molecule has 2 aromatic carbocycles. The Balaban J connectivity index is 2.27. The minimum atomic E-state index is -0.829. The molecule has 0 aromatic heterocycles. The molecule has 1 nitrogen and oxygen atoms in total. The molecule has 0 amide bonds. The molecule has 0 bridgehead atoms. The molecule has 0 fully saturated rings. The van der Waals surface area contributed by atoms with E-state index in [1.54, 1.807) is 0 Å². The van der Waals surface area contributed by atoms with Crippen molar-refractivity contribution in [1.29, 1.82) is 0 Å². The van der Waals surface area contributed by atoms with E-state index in [0.29, 0.717) is 6.42 Å². The molecule has 2 heteroatoms. The normalized spacial score (nSPS) is 14.2. The van der Waals surface area contributed by atoms with Crippen molar-refractivity contribution in [2.24, 2.45) is 0 Å². The van der Waals surface area contributed by atoms with Gasteiger partial charge in [-0.3, -0.25) is 0 Å². The van der Waals surface area contributed by atoms with Crippen molar-refractivity contribution >= 4 is 22.6 Å².